The molecule has 0 fully saturated rings. The third-order valence-electron chi connectivity index (χ3n) is 4.05. The molecule has 0 spiro atoms. The van der Waals surface area contributed by atoms with E-state index in [-0.39, 0.29) is 16.9 Å². The van der Waals surface area contributed by atoms with E-state index in [0.29, 0.717) is 0 Å². The molecule has 0 saturated heterocycles. The highest BCUT2D eigenvalue weighted by Gasteiger charge is 2.42. The van der Waals surface area contributed by atoms with E-state index in [0.717, 1.165) is 12.1 Å². The predicted octanol–water partition coefficient (Wildman–Crippen LogP) is 3.81. The van der Waals surface area contributed by atoms with Crippen LogP contribution in [0, 0.1) is 5.82 Å². The number of carbonyl (C=O) groups is 2. The van der Waals surface area contributed by atoms with Crippen LogP contribution in [0.5, 0.6) is 5.75 Å². The van der Waals surface area contributed by atoms with Gasteiger partial charge in [0.1, 0.15) is 0 Å². The van der Waals surface area contributed by atoms with Crippen molar-refractivity contribution in [2.75, 3.05) is 7.11 Å². The first-order chi connectivity index (χ1) is 13.1. The number of carbonyl (C=O) groups excluding carboxylic acids is 1. The Labute approximate surface area is 157 Å². The molecule has 0 aliphatic rings. The fraction of sp³-hybridized carbons (Fsp3) is 0.263. The molecular weight excluding hydrogens is 382 g/mol. The van der Waals surface area contributed by atoms with Crippen molar-refractivity contribution in [1.29, 1.82) is 0 Å². The molecule has 28 heavy (non-hydrogen) atoms. The number of hydrogen-bond acceptors (Lipinski definition) is 3. The Morgan fingerprint density at radius 1 is 1.11 bits per heavy atom. The molecule has 5 nitrogen and oxygen atoms in total. The second-order valence-corrected chi connectivity index (χ2v) is 5.94. The van der Waals surface area contributed by atoms with Crippen molar-refractivity contribution in [1.82, 2.24) is 5.32 Å². The summed E-state index contributed by atoms with van der Waals surface area (Å²) in [6, 6.07) is 8.33. The monoisotopic (exact) mass is 399 g/mol. The Morgan fingerprint density at radius 3 is 2.25 bits per heavy atom. The largest absolute Gasteiger partial charge is 0.494 e. The van der Waals surface area contributed by atoms with Gasteiger partial charge in [-0.3, -0.25) is 4.79 Å². The molecule has 2 aromatic carbocycles. The highest BCUT2D eigenvalue weighted by atomic mass is 19.4. The molecule has 0 heterocycles. The van der Waals surface area contributed by atoms with Gasteiger partial charge in [0.05, 0.1) is 13.0 Å². The van der Waals surface area contributed by atoms with Gasteiger partial charge >= 0.3 is 12.1 Å². The summed E-state index contributed by atoms with van der Waals surface area (Å²) in [4.78, 5) is 23.6. The first-order valence-corrected chi connectivity index (χ1v) is 8.10. The SMILES string of the molecule is COc1ccc(C(NC(=O)CC(c2ccccc2)C(F)(F)F)C(=O)O)cc1F. The van der Waals surface area contributed by atoms with E-state index in [1.807, 2.05) is 5.32 Å². The molecule has 0 radical (unpaired) electrons. The summed E-state index contributed by atoms with van der Waals surface area (Å²) in [5.74, 6) is -5.77. The quantitative estimate of drug-likeness (QED) is 0.695. The fourth-order valence-electron chi connectivity index (χ4n) is 2.66. The summed E-state index contributed by atoms with van der Waals surface area (Å²) in [5.41, 5.74) is -0.255. The molecule has 2 N–H and O–H groups in total. The molecule has 0 aliphatic heterocycles. The molecule has 1 amide bonds. The number of methoxy groups -OCH3 is 1. The van der Waals surface area contributed by atoms with E-state index in [1.54, 1.807) is 0 Å². The van der Waals surface area contributed by atoms with Crippen LogP contribution >= 0.6 is 0 Å². The summed E-state index contributed by atoms with van der Waals surface area (Å²) >= 11 is 0. The zero-order chi connectivity index (χ0) is 20.9. The van der Waals surface area contributed by atoms with Crippen LogP contribution in [-0.2, 0) is 9.59 Å². The summed E-state index contributed by atoms with van der Waals surface area (Å²) in [5, 5.41) is 11.3. The van der Waals surface area contributed by atoms with Crippen molar-refractivity contribution in [3.8, 4) is 5.75 Å². The number of halogens is 4. The minimum absolute atomic E-state index is 0.118. The maximum atomic E-state index is 13.8. The lowest BCUT2D eigenvalue weighted by atomic mass is 9.94. The number of benzene rings is 2. The average molecular weight is 399 g/mol. The van der Waals surface area contributed by atoms with E-state index in [2.05, 4.69) is 0 Å². The molecule has 150 valence electrons. The smallest absolute Gasteiger partial charge is 0.396 e. The Morgan fingerprint density at radius 2 is 1.75 bits per heavy atom. The number of rotatable bonds is 7. The van der Waals surface area contributed by atoms with E-state index in [4.69, 9.17) is 4.74 Å². The Hall–Kier alpha value is -3.10. The molecule has 2 unspecified atom stereocenters. The topological polar surface area (TPSA) is 75.6 Å². The first-order valence-electron chi connectivity index (χ1n) is 8.10. The van der Waals surface area contributed by atoms with Gasteiger partial charge in [-0.25, -0.2) is 9.18 Å². The zero-order valence-corrected chi connectivity index (χ0v) is 14.7. The van der Waals surface area contributed by atoms with E-state index in [1.165, 1.54) is 43.5 Å². The van der Waals surface area contributed by atoms with E-state index < -0.39 is 42.3 Å². The minimum atomic E-state index is -4.70. The number of nitrogens with one attached hydrogen (secondary N) is 1. The molecule has 2 atom stereocenters. The average Bonchev–Trinajstić information content (AvgIpc) is 2.63. The molecule has 0 saturated carbocycles. The van der Waals surface area contributed by atoms with Crippen molar-refractivity contribution < 1.29 is 37.0 Å². The fourth-order valence-corrected chi connectivity index (χ4v) is 2.66. The normalized spacial score (nSPS) is 13.5. The minimum Gasteiger partial charge on any atom is -0.494 e. The molecule has 2 aromatic rings. The molecular formula is C19H17F4NO4. The third kappa shape index (κ3) is 5.21. The number of alkyl halides is 3. The third-order valence-corrected chi connectivity index (χ3v) is 4.05. The van der Waals surface area contributed by atoms with Crippen LogP contribution < -0.4 is 10.1 Å². The molecule has 0 aromatic heterocycles. The number of hydrogen-bond donors (Lipinski definition) is 2. The van der Waals surface area contributed by atoms with Crippen molar-refractivity contribution in [3.63, 3.8) is 0 Å². The van der Waals surface area contributed by atoms with Crippen molar-refractivity contribution in [2.24, 2.45) is 0 Å². The van der Waals surface area contributed by atoms with Crippen LogP contribution in [-0.4, -0.2) is 30.3 Å². The van der Waals surface area contributed by atoms with Crippen molar-refractivity contribution in [2.45, 2.75) is 24.6 Å². The number of aliphatic carboxylic acids is 1. The Kier molecular flexibility index (Phi) is 6.61. The first kappa shape index (κ1) is 21.2. The van der Waals surface area contributed by atoms with Crippen LogP contribution in [0.1, 0.15) is 29.5 Å². The van der Waals surface area contributed by atoms with Crippen LogP contribution in [0.3, 0.4) is 0 Å². The van der Waals surface area contributed by atoms with Crippen LogP contribution in [0.15, 0.2) is 48.5 Å². The van der Waals surface area contributed by atoms with Gasteiger partial charge in [-0.05, 0) is 23.3 Å². The highest BCUT2D eigenvalue weighted by molar-refractivity contribution is 5.85. The van der Waals surface area contributed by atoms with Crippen LogP contribution in [0.25, 0.3) is 0 Å². The lowest BCUT2D eigenvalue weighted by Crippen LogP contribution is -2.36. The molecule has 2 rings (SSSR count). The van der Waals surface area contributed by atoms with Crippen molar-refractivity contribution >= 4 is 11.9 Å². The Balaban J connectivity index is 2.22. The highest BCUT2D eigenvalue weighted by Crippen LogP contribution is 2.37. The van der Waals surface area contributed by atoms with Crippen molar-refractivity contribution in [3.05, 3.63) is 65.5 Å². The maximum absolute atomic E-state index is 13.8. The second kappa shape index (κ2) is 8.73. The van der Waals surface area contributed by atoms with Crippen LogP contribution in [0.2, 0.25) is 0 Å². The second-order valence-electron chi connectivity index (χ2n) is 5.94. The predicted molar refractivity (Wildman–Crippen MR) is 91.3 cm³/mol. The van der Waals surface area contributed by atoms with Gasteiger partial charge in [0.25, 0.3) is 0 Å². The van der Waals surface area contributed by atoms with Gasteiger partial charge < -0.3 is 15.2 Å². The van der Waals surface area contributed by atoms with Gasteiger partial charge in [0.15, 0.2) is 17.6 Å². The number of amides is 1. The van der Waals surface area contributed by atoms with Crippen LogP contribution in [0.4, 0.5) is 17.6 Å². The number of ether oxygens (including phenoxy) is 1. The lowest BCUT2D eigenvalue weighted by molar-refractivity contribution is -0.158. The summed E-state index contributed by atoms with van der Waals surface area (Å²) in [6.07, 6.45) is -5.71. The summed E-state index contributed by atoms with van der Waals surface area (Å²) in [6.45, 7) is 0. The molecule has 9 heteroatoms. The zero-order valence-electron chi connectivity index (χ0n) is 14.7. The van der Waals surface area contributed by atoms with Gasteiger partial charge in [-0.1, -0.05) is 36.4 Å². The maximum Gasteiger partial charge on any atom is 0.396 e. The number of carboxylic acids is 1. The van der Waals surface area contributed by atoms with Gasteiger partial charge in [-0.15, -0.1) is 0 Å². The number of carboxylic acid groups (broad SMARTS) is 1. The van der Waals surface area contributed by atoms with Gasteiger partial charge in [0.2, 0.25) is 5.91 Å². The summed E-state index contributed by atoms with van der Waals surface area (Å²) in [7, 11) is 1.22. The summed E-state index contributed by atoms with van der Waals surface area (Å²) < 4.78 is 58.6. The standard InChI is InChI=1S/C19H17F4NO4/c1-28-15-8-7-12(9-14(15)20)17(18(26)27)24-16(25)10-13(19(21,22)23)11-5-3-2-4-6-11/h2-9,13,17H,10H2,1H3,(H,24,25)(H,26,27). The van der Waals surface area contributed by atoms with Gasteiger partial charge in [-0.2, -0.15) is 13.2 Å². The van der Waals surface area contributed by atoms with E-state index >= 15 is 0 Å². The Bertz CT molecular complexity index is 840. The molecule has 0 aliphatic carbocycles. The van der Waals surface area contributed by atoms with Gasteiger partial charge in [0, 0.05) is 6.42 Å². The van der Waals surface area contributed by atoms with E-state index in [9.17, 15) is 32.3 Å². The lowest BCUT2D eigenvalue weighted by Gasteiger charge is -2.22. The molecule has 0 bridgehead atoms.